The average molecular weight is 314 g/mol. The summed E-state index contributed by atoms with van der Waals surface area (Å²) in [4.78, 5) is 10.2. The molecule has 21 heavy (non-hydrogen) atoms. The van der Waals surface area contributed by atoms with Crippen LogP contribution in [-0.2, 0) is 0 Å². The number of non-ortho nitro benzene ring substituents is 1. The van der Waals surface area contributed by atoms with E-state index in [9.17, 15) is 10.1 Å². The molecule has 2 N–H and O–H groups in total. The molecule has 0 aromatic heterocycles. The second kappa shape index (κ2) is 9.58. The van der Waals surface area contributed by atoms with Crippen LogP contribution in [0.2, 0.25) is 0 Å². The second-order valence-corrected chi connectivity index (χ2v) is 5.44. The van der Waals surface area contributed by atoms with E-state index in [1.165, 1.54) is 44.2 Å². The number of benzene rings is 1. The molecule has 5 nitrogen and oxygen atoms in total. The van der Waals surface area contributed by atoms with Crippen LogP contribution in [0.5, 0.6) is 0 Å². The molecule has 1 aliphatic carbocycles. The second-order valence-electron chi connectivity index (χ2n) is 5.44. The zero-order valence-electron chi connectivity index (χ0n) is 12.2. The van der Waals surface area contributed by atoms with Crippen LogP contribution < -0.4 is 10.6 Å². The minimum atomic E-state index is -0.379. The molecule has 0 atom stereocenters. The van der Waals surface area contributed by atoms with Gasteiger partial charge >= 0.3 is 0 Å². The molecule has 6 heteroatoms. The fraction of sp³-hybridized carbons (Fsp3) is 0.600. The number of nitrogens with zero attached hydrogens (tertiary/aromatic N) is 1. The van der Waals surface area contributed by atoms with E-state index < -0.39 is 0 Å². The highest BCUT2D eigenvalue weighted by Crippen LogP contribution is 2.22. The van der Waals surface area contributed by atoms with Crippen molar-refractivity contribution in [1.82, 2.24) is 5.32 Å². The maximum Gasteiger partial charge on any atom is 0.269 e. The Morgan fingerprint density at radius 1 is 1.10 bits per heavy atom. The van der Waals surface area contributed by atoms with Crippen molar-refractivity contribution < 1.29 is 4.92 Å². The number of hydrogen-bond donors (Lipinski definition) is 2. The summed E-state index contributed by atoms with van der Waals surface area (Å²) in [6.07, 6.45) is 6.89. The summed E-state index contributed by atoms with van der Waals surface area (Å²) in [5.74, 6) is 0.850. The van der Waals surface area contributed by atoms with E-state index in [1.807, 2.05) is 0 Å². The van der Waals surface area contributed by atoms with Crippen molar-refractivity contribution in [3.8, 4) is 0 Å². The van der Waals surface area contributed by atoms with E-state index in [1.54, 1.807) is 12.1 Å². The quantitative estimate of drug-likeness (QED) is 0.458. The fourth-order valence-corrected chi connectivity index (χ4v) is 2.69. The van der Waals surface area contributed by atoms with Gasteiger partial charge in [-0.15, -0.1) is 12.4 Å². The molecule has 1 aliphatic rings. The van der Waals surface area contributed by atoms with Gasteiger partial charge < -0.3 is 10.6 Å². The lowest BCUT2D eigenvalue weighted by Gasteiger charge is -2.21. The minimum Gasteiger partial charge on any atom is -0.384 e. The summed E-state index contributed by atoms with van der Waals surface area (Å²) in [7, 11) is 0. The third-order valence-corrected chi connectivity index (χ3v) is 3.87. The predicted molar refractivity (Wildman–Crippen MR) is 88.3 cm³/mol. The Labute approximate surface area is 132 Å². The minimum absolute atomic E-state index is 0. The number of nitro benzene ring substituents is 1. The van der Waals surface area contributed by atoms with Gasteiger partial charge in [0.2, 0.25) is 0 Å². The normalized spacial score (nSPS) is 15.2. The van der Waals surface area contributed by atoms with Gasteiger partial charge in [-0.05, 0) is 37.4 Å². The summed E-state index contributed by atoms with van der Waals surface area (Å²) >= 11 is 0. The molecule has 1 saturated carbocycles. The molecule has 1 fully saturated rings. The standard InChI is InChI=1S/C15H23N3O2.ClH/c19-18(20)15-8-6-14(7-9-15)17-11-10-16-12-13-4-2-1-3-5-13;/h6-9,13,16-17H,1-5,10-12H2;1H. The Morgan fingerprint density at radius 2 is 1.76 bits per heavy atom. The smallest absolute Gasteiger partial charge is 0.269 e. The molecule has 0 radical (unpaired) electrons. The van der Waals surface area contributed by atoms with Gasteiger partial charge in [0.25, 0.3) is 5.69 Å². The van der Waals surface area contributed by atoms with E-state index in [0.29, 0.717) is 0 Å². The van der Waals surface area contributed by atoms with Gasteiger partial charge in [-0.1, -0.05) is 19.3 Å². The molecular formula is C15H24ClN3O2. The molecule has 0 spiro atoms. The topological polar surface area (TPSA) is 67.2 Å². The van der Waals surface area contributed by atoms with Crippen molar-refractivity contribution in [2.75, 3.05) is 25.0 Å². The fourth-order valence-electron chi connectivity index (χ4n) is 2.69. The van der Waals surface area contributed by atoms with Crippen molar-refractivity contribution >= 4 is 23.8 Å². The third kappa shape index (κ3) is 6.31. The highest BCUT2D eigenvalue weighted by Gasteiger charge is 2.12. The van der Waals surface area contributed by atoms with E-state index in [0.717, 1.165) is 31.2 Å². The largest absolute Gasteiger partial charge is 0.384 e. The number of hydrogen-bond acceptors (Lipinski definition) is 4. The van der Waals surface area contributed by atoms with Crippen LogP contribution in [0, 0.1) is 16.0 Å². The molecule has 118 valence electrons. The van der Waals surface area contributed by atoms with Gasteiger partial charge in [0, 0.05) is 30.9 Å². The highest BCUT2D eigenvalue weighted by molar-refractivity contribution is 5.85. The lowest BCUT2D eigenvalue weighted by Crippen LogP contribution is -2.28. The number of anilines is 1. The first-order valence-corrected chi connectivity index (χ1v) is 7.45. The van der Waals surface area contributed by atoms with Crippen LogP contribution in [0.3, 0.4) is 0 Å². The molecule has 1 aromatic rings. The van der Waals surface area contributed by atoms with Gasteiger partial charge in [-0.25, -0.2) is 0 Å². The summed E-state index contributed by atoms with van der Waals surface area (Å²) < 4.78 is 0. The van der Waals surface area contributed by atoms with Gasteiger partial charge in [0.15, 0.2) is 0 Å². The van der Waals surface area contributed by atoms with Crippen LogP contribution in [0.25, 0.3) is 0 Å². The van der Waals surface area contributed by atoms with E-state index in [4.69, 9.17) is 0 Å². The van der Waals surface area contributed by atoms with Crippen LogP contribution in [-0.4, -0.2) is 24.6 Å². The first-order chi connectivity index (χ1) is 9.75. The SMILES string of the molecule is Cl.O=[N+]([O-])c1ccc(NCCNCC2CCCCC2)cc1. The monoisotopic (exact) mass is 313 g/mol. The van der Waals surface area contributed by atoms with Crippen molar-refractivity contribution in [1.29, 1.82) is 0 Å². The Hall–Kier alpha value is -1.33. The molecule has 0 heterocycles. The molecule has 0 bridgehead atoms. The third-order valence-electron chi connectivity index (χ3n) is 3.87. The molecule has 0 unspecified atom stereocenters. The van der Waals surface area contributed by atoms with Crippen LogP contribution in [0.1, 0.15) is 32.1 Å². The first-order valence-electron chi connectivity index (χ1n) is 7.45. The molecule has 0 amide bonds. The summed E-state index contributed by atoms with van der Waals surface area (Å²) in [5.41, 5.74) is 1.06. The number of nitro groups is 1. The van der Waals surface area contributed by atoms with Gasteiger partial charge in [0.05, 0.1) is 4.92 Å². The summed E-state index contributed by atoms with van der Waals surface area (Å²) in [5, 5.41) is 17.3. The molecule has 2 rings (SSSR count). The number of nitrogens with one attached hydrogen (secondary N) is 2. The summed E-state index contributed by atoms with van der Waals surface area (Å²) in [6.45, 7) is 2.87. The van der Waals surface area contributed by atoms with E-state index >= 15 is 0 Å². The lowest BCUT2D eigenvalue weighted by molar-refractivity contribution is -0.384. The predicted octanol–water partition coefficient (Wildman–Crippen LogP) is 3.60. The first kappa shape index (κ1) is 17.7. The average Bonchev–Trinajstić information content (AvgIpc) is 2.48. The zero-order valence-corrected chi connectivity index (χ0v) is 13.0. The maximum absolute atomic E-state index is 10.5. The van der Waals surface area contributed by atoms with E-state index in [-0.39, 0.29) is 23.0 Å². The Bertz CT molecular complexity index is 419. The van der Waals surface area contributed by atoms with Crippen LogP contribution >= 0.6 is 12.4 Å². The van der Waals surface area contributed by atoms with Gasteiger partial charge in [-0.2, -0.15) is 0 Å². The highest BCUT2D eigenvalue weighted by atomic mass is 35.5. The van der Waals surface area contributed by atoms with Crippen LogP contribution in [0.15, 0.2) is 24.3 Å². The molecule has 1 aromatic carbocycles. The van der Waals surface area contributed by atoms with Gasteiger partial charge in [0.1, 0.15) is 0 Å². The number of rotatable bonds is 7. The van der Waals surface area contributed by atoms with Crippen molar-refractivity contribution in [2.24, 2.45) is 5.92 Å². The molecular weight excluding hydrogens is 290 g/mol. The van der Waals surface area contributed by atoms with Gasteiger partial charge in [-0.3, -0.25) is 10.1 Å². The molecule has 0 aliphatic heterocycles. The lowest BCUT2D eigenvalue weighted by atomic mass is 9.89. The van der Waals surface area contributed by atoms with Crippen molar-refractivity contribution in [3.63, 3.8) is 0 Å². The van der Waals surface area contributed by atoms with Crippen molar-refractivity contribution in [3.05, 3.63) is 34.4 Å². The maximum atomic E-state index is 10.5. The Balaban J connectivity index is 0.00000220. The Morgan fingerprint density at radius 3 is 2.38 bits per heavy atom. The van der Waals surface area contributed by atoms with Crippen LogP contribution in [0.4, 0.5) is 11.4 Å². The number of halogens is 1. The Kier molecular flexibility index (Phi) is 8.08. The van der Waals surface area contributed by atoms with Crippen molar-refractivity contribution in [2.45, 2.75) is 32.1 Å². The molecule has 0 saturated heterocycles. The summed E-state index contributed by atoms with van der Waals surface area (Å²) in [6, 6.07) is 6.55. The van der Waals surface area contributed by atoms with E-state index in [2.05, 4.69) is 10.6 Å². The zero-order chi connectivity index (χ0) is 14.2.